The molecule has 0 spiro atoms. The highest BCUT2D eigenvalue weighted by atomic mass is 16.3. The fourth-order valence-electron chi connectivity index (χ4n) is 3.09. The minimum Gasteiger partial charge on any atom is -0.388 e. The number of hydrogen-bond acceptors (Lipinski definition) is 3. The predicted molar refractivity (Wildman–Crippen MR) is 86.6 cm³/mol. The Labute approximate surface area is 132 Å². The Morgan fingerprint density at radius 1 is 1.45 bits per heavy atom. The quantitative estimate of drug-likeness (QED) is 0.802. The normalized spacial score (nSPS) is 25.8. The van der Waals surface area contributed by atoms with Crippen molar-refractivity contribution in [2.45, 2.75) is 52.1 Å². The number of aromatic nitrogens is 2. The van der Waals surface area contributed by atoms with Crippen LogP contribution in [0.25, 0.3) is 0 Å². The van der Waals surface area contributed by atoms with Gasteiger partial charge in [-0.1, -0.05) is 20.8 Å². The van der Waals surface area contributed by atoms with E-state index in [0.29, 0.717) is 11.7 Å². The molecule has 1 heterocycles. The number of carbonyl (C=O) groups excluding carboxylic acids is 1. The molecule has 124 valence electrons. The van der Waals surface area contributed by atoms with Gasteiger partial charge in [-0.05, 0) is 37.0 Å². The topological polar surface area (TPSA) is 79.2 Å². The van der Waals surface area contributed by atoms with Crippen LogP contribution >= 0.6 is 0 Å². The first-order valence-corrected chi connectivity index (χ1v) is 7.95. The summed E-state index contributed by atoms with van der Waals surface area (Å²) in [6.45, 7) is 7.03. The Bertz CT molecular complexity index is 510. The number of urea groups is 1. The van der Waals surface area contributed by atoms with Gasteiger partial charge in [-0.2, -0.15) is 5.10 Å². The van der Waals surface area contributed by atoms with Gasteiger partial charge in [-0.15, -0.1) is 0 Å². The molecule has 0 unspecified atom stereocenters. The van der Waals surface area contributed by atoms with E-state index in [2.05, 4.69) is 36.5 Å². The fourth-order valence-corrected chi connectivity index (χ4v) is 3.09. The Morgan fingerprint density at radius 2 is 2.09 bits per heavy atom. The predicted octanol–water partition coefficient (Wildman–Crippen LogP) is 2.51. The minimum atomic E-state index is -0.788. The Hall–Kier alpha value is -1.56. The van der Waals surface area contributed by atoms with Crippen LogP contribution in [0.3, 0.4) is 0 Å². The van der Waals surface area contributed by atoms with Gasteiger partial charge in [0.2, 0.25) is 0 Å². The van der Waals surface area contributed by atoms with Gasteiger partial charge in [-0.25, -0.2) is 4.79 Å². The third-order valence-corrected chi connectivity index (χ3v) is 4.67. The van der Waals surface area contributed by atoms with Crippen molar-refractivity contribution in [2.75, 3.05) is 11.9 Å². The zero-order valence-electron chi connectivity index (χ0n) is 14.0. The third kappa shape index (κ3) is 4.47. The second kappa shape index (κ2) is 6.28. The molecule has 2 rings (SSSR count). The zero-order chi connectivity index (χ0) is 16.4. The summed E-state index contributed by atoms with van der Waals surface area (Å²) in [5, 5.41) is 20.1. The molecule has 0 saturated heterocycles. The second-order valence-electron chi connectivity index (χ2n) is 7.55. The lowest BCUT2D eigenvalue weighted by atomic mass is 9.68. The molecule has 0 aliphatic heterocycles. The van der Waals surface area contributed by atoms with Crippen molar-refractivity contribution in [3.63, 3.8) is 0 Å². The van der Waals surface area contributed by atoms with Crippen LogP contribution in [0.5, 0.6) is 0 Å². The van der Waals surface area contributed by atoms with Gasteiger partial charge < -0.3 is 10.4 Å². The van der Waals surface area contributed by atoms with Crippen molar-refractivity contribution in [2.24, 2.45) is 18.4 Å². The molecule has 0 atom stereocenters. The third-order valence-electron chi connectivity index (χ3n) is 4.67. The number of anilines is 1. The highest BCUT2D eigenvalue weighted by molar-refractivity contribution is 5.88. The molecule has 6 heteroatoms. The molecule has 0 aromatic carbocycles. The van der Waals surface area contributed by atoms with Crippen LogP contribution < -0.4 is 10.6 Å². The maximum atomic E-state index is 11.8. The summed E-state index contributed by atoms with van der Waals surface area (Å²) >= 11 is 0. The van der Waals surface area contributed by atoms with E-state index in [1.165, 1.54) is 0 Å². The van der Waals surface area contributed by atoms with E-state index in [1.807, 2.05) is 0 Å². The molecule has 3 N–H and O–H groups in total. The molecule has 1 aliphatic rings. The molecule has 0 radical (unpaired) electrons. The van der Waals surface area contributed by atoms with Crippen molar-refractivity contribution >= 4 is 11.8 Å². The van der Waals surface area contributed by atoms with Gasteiger partial charge >= 0.3 is 6.03 Å². The molecule has 1 aliphatic carbocycles. The molecule has 0 bridgehead atoms. The Morgan fingerprint density at radius 3 is 2.59 bits per heavy atom. The largest absolute Gasteiger partial charge is 0.388 e. The molecular formula is C16H28N4O2. The van der Waals surface area contributed by atoms with E-state index in [0.717, 1.165) is 25.7 Å². The lowest BCUT2D eigenvalue weighted by Crippen LogP contribution is -2.47. The van der Waals surface area contributed by atoms with Crippen LogP contribution in [-0.4, -0.2) is 33.1 Å². The van der Waals surface area contributed by atoms with Crippen molar-refractivity contribution in [3.05, 3.63) is 12.3 Å². The number of carbonyl (C=O) groups is 1. The molecular weight excluding hydrogens is 280 g/mol. The number of rotatable bonds is 3. The van der Waals surface area contributed by atoms with Crippen LogP contribution in [0.2, 0.25) is 0 Å². The van der Waals surface area contributed by atoms with E-state index in [9.17, 15) is 9.90 Å². The zero-order valence-corrected chi connectivity index (χ0v) is 14.0. The molecule has 6 nitrogen and oxygen atoms in total. The van der Waals surface area contributed by atoms with E-state index in [4.69, 9.17) is 0 Å². The lowest BCUT2D eigenvalue weighted by molar-refractivity contribution is -0.0216. The first kappa shape index (κ1) is 16.8. The molecule has 22 heavy (non-hydrogen) atoms. The number of aliphatic hydroxyl groups is 1. The number of nitrogens with zero attached hydrogens (tertiary/aromatic N) is 2. The van der Waals surface area contributed by atoms with Crippen molar-refractivity contribution in [3.8, 4) is 0 Å². The van der Waals surface area contributed by atoms with Gasteiger partial charge in [0.05, 0.1) is 5.60 Å². The van der Waals surface area contributed by atoms with E-state index < -0.39 is 5.60 Å². The van der Waals surface area contributed by atoms with Gasteiger partial charge in [0.1, 0.15) is 0 Å². The van der Waals surface area contributed by atoms with Gasteiger partial charge in [-0.3, -0.25) is 10.00 Å². The van der Waals surface area contributed by atoms with Gasteiger partial charge in [0.15, 0.2) is 5.82 Å². The summed E-state index contributed by atoms with van der Waals surface area (Å²) in [7, 11) is 1.79. The summed E-state index contributed by atoms with van der Waals surface area (Å²) in [6, 6.07) is 1.40. The van der Waals surface area contributed by atoms with Crippen LogP contribution in [-0.2, 0) is 7.05 Å². The number of nitrogens with one attached hydrogen (secondary N) is 2. The molecule has 1 aromatic rings. The standard InChI is InChI=1S/C16H28N4O2/c1-15(2,3)12-5-8-16(22,9-6-12)11-17-14(21)18-13-7-10-20(4)19-13/h7,10,12,22H,5-6,8-9,11H2,1-4H3,(H2,17,18,19,21). The van der Waals surface area contributed by atoms with Crippen molar-refractivity contribution in [1.29, 1.82) is 0 Å². The summed E-state index contributed by atoms with van der Waals surface area (Å²) in [6.07, 6.45) is 5.24. The van der Waals surface area contributed by atoms with Crippen LogP contribution in [0.4, 0.5) is 10.6 Å². The highest BCUT2D eigenvalue weighted by Crippen LogP contribution is 2.41. The summed E-state index contributed by atoms with van der Waals surface area (Å²) in [5.41, 5.74) is -0.506. The average molecular weight is 308 g/mol. The Kier molecular flexibility index (Phi) is 4.80. The van der Waals surface area contributed by atoms with Crippen molar-refractivity contribution in [1.82, 2.24) is 15.1 Å². The maximum Gasteiger partial charge on any atom is 0.320 e. The molecule has 1 aromatic heterocycles. The van der Waals surface area contributed by atoms with Gasteiger partial charge in [0.25, 0.3) is 0 Å². The smallest absolute Gasteiger partial charge is 0.320 e. The summed E-state index contributed by atoms with van der Waals surface area (Å²) < 4.78 is 1.62. The van der Waals surface area contributed by atoms with E-state index in [1.54, 1.807) is 24.0 Å². The molecule has 1 saturated carbocycles. The SMILES string of the molecule is Cn1ccc(NC(=O)NCC2(O)CCC(C(C)(C)C)CC2)n1. The summed E-state index contributed by atoms with van der Waals surface area (Å²) in [4.78, 5) is 11.8. The fraction of sp³-hybridized carbons (Fsp3) is 0.750. The summed E-state index contributed by atoms with van der Waals surface area (Å²) in [5.74, 6) is 1.14. The van der Waals surface area contributed by atoms with Crippen LogP contribution in [0.1, 0.15) is 46.5 Å². The molecule has 1 fully saturated rings. The van der Waals surface area contributed by atoms with Crippen LogP contribution in [0.15, 0.2) is 12.3 Å². The van der Waals surface area contributed by atoms with Crippen LogP contribution in [0, 0.1) is 11.3 Å². The van der Waals surface area contributed by atoms with E-state index in [-0.39, 0.29) is 18.0 Å². The van der Waals surface area contributed by atoms with Gasteiger partial charge in [0, 0.05) is 25.9 Å². The van der Waals surface area contributed by atoms with Crippen molar-refractivity contribution < 1.29 is 9.90 Å². The highest BCUT2D eigenvalue weighted by Gasteiger charge is 2.37. The first-order chi connectivity index (χ1) is 10.2. The Balaban J connectivity index is 1.78. The molecule has 2 amide bonds. The maximum absolute atomic E-state index is 11.8. The second-order valence-corrected chi connectivity index (χ2v) is 7.55. The minimum absolute atomic E-state index is 0.280. The number of amides is 2. The average Bonchev–Trinajstić information content (AvgIpc) is 2.81. The lowest BCUT2D eigenvalue weighted by Gasteiger charge is -2.41. The first-order valence-electron chi connectivity index (χ1n) is 7.95. The number of hydrogen-bond donors (Lipinski definition) is 3. The monoisotopic (exact) mass is 308 g/mol. The number of aryl methyl sites for hydroxylation is 1. The van der Waals surface area contributed by atoms with E-state index >= 15 is 0 Å².